The summed E-state index contributed by atoms with van der Waals surface area (Å²) < 4.78 is 6.28. The van der Waals surface area contributed by atoms with Crippen LogP contribution in [0.2, 0.25) is 0 Å². The molecule has 25 heavy (non-hydrogen) atoms. The number of nitrogens with zero attached hydrogens (tertiary/aromatic N) is 2. The number of amides is 1. The SMILES string of the molecule is COc1ccc2nc(C)c(C(=O)N(C)Cc3ccc(Br)cc3)cc2c1. The molecular weight excluding hydrogens is 380 g/mol. The molecule has 1 aromatic heterocycles. The van der Waals surface area contributed by atoms with Gasteiger partial charge in [0.15, 0.2) is 0 Å². The molecular formula is C20H19BrN2O2. The van der Waals surface area contributed by atoms with E-state index in [1.807, 2.05) is 55.5 Å². The second-order valence-electron chi connectivity index (χ2n) is 5.97. The first-order chi connectivity index (χ1) is 12.0. The van der Waals surface area contributed by atoms with Gasteiger partial charge in [0, 0.05) is 23.5 Å². The molecule has 0 aliphatic carbocycles. The normalized spacial score (nSPS) is 10.7. The summed E-state index contributed by atoms with van der Waals surface area (Å²) in [5.74, 6) is 0.706. The average Bonchev–Trinajstić information content (AvgIpc) is 2.62. The van der Waals surface area contributed by atoms with Gasteiger partial charge < -0.3 is 9.64 Å². The molecule has 0 aliphatic rings. The molecule has 1 heterocycles. The number of methoxy groups -OCH3 is 1. The molecule has 0 N–H and O–H groups in total. The van der Waals surface area contributed by atoms with Crippen LogP contribution in [0.25, 0.3) is 10.9 Å². The lowest BCUT2D eigenvalue weighted by Crippen LogP contribution is -2.27. The van der Waals surface area contributed by atoms with Crippen LogP contribution in [0.5, 0.6) is 5.75 Å². The van der Waals surface area contributed by atoms with Gasteiger partial charge in [0.1, 0.15) is 5.75 Å². The molecule has 0 saturated carbocycles. The fraction of sp³-hybridized carbons (Fsp3) is 0.200. The van der Waals surface area contributed by atoms with Crippen molar-refractivity contribution in [1.82, 2.24) is 9.88 Å². The van der Waals surface area contributed by atoms with E-state index in [1.54, 1.807) is 19.1 Å². The number of carbonyl (C=O) groups excluding carboxylic acids is 1. The minimum atomic E-state index is -0.0439. The third kappa shape index (κ3) is 3.82. The Kier molecular flexibility index (Phi) is 5.04. The first-order valence-corrected chi connectivity index (χ1v) is 8.72. The molecule has 0 spiro atoms. The number of ether oxygens (including phenoxy) is 1. The summed E-state index contributed by atoms with van der Waals surface area (Å²) in [5.41, 5.74) is 3.27. The molecule has 0 aliphatic heterocycles. The van der Waals surface area contributed by atoms with Gasteiger partial charge in [-0.25, -0.2) is 0 Å². The predicted octanol–water partition coefficient (Wildman–Crippen LogP) is 4.59. The Hall–Kier alpha value is -2.40. The van der Waals surface area contributed by atoms with Crippen LogP contribution < -0.4 is 4.74 Å². The van der Waals surface area contributed by atoms with Gasteiger partial charge in [0.05, 0.1) is 23.9 Å². The minimum Gasteiger partial charge on any atom is -0.497 e. The highest BCUT2D eigenvalue weighted by molar-refractivity contribution is 9.10. The Morgan fingerprint density at radius 2 is 1.88 bits per heavy atom. The summed E-state index contributed by atoms with van der Waals surface area (Å²) in [5, 5.41) is 0.894. The summed E-state index contributed by atoms with van der Waals surface area (Å²) in [6.45, 7) is 2.41. The topological polar surface area (TPSA) is 42.4 Å². The van der Waals surface area contributed by atoms with E-state index in [2.05, 4.69) is 20.9 Å². The maximum atomic E-state index is 12.9. The van der Waals surface area contributed by atoms with Crippen molar-refractivity contribution in [1.29, 1.82) is 0 Å². The first-order valence-electron chi connectivity index (χ1n) is 7.93. The fourth-order valence-corrected chi connectivity index (χ4v) is 3.00. The van der Waals surface area contributed by atoms with Crippen LogP contribution in [0.3, 0.4) is 0 Å². The Morgan fingerprint density at radius 3 is 2.56 bits per heavy atom. The lowest BCUT2D eigenvalue weighted by Gasteiger charge is -2.19. The number of benzene rings is 2. The van der Waals surface area contributed by atoms with Crippen LogP contribution in [0.15, 0.2) is 53.0 Å². The van der Waals surface area contributed by atoms with E-state index in [4.69, 9.17) is 4.74 Å². The van der Waals surface area contributed by atoms with Gasteiger partial charge in [-0.2, -0.15) is 0 Å². The van der Waals surface area contributed by atoms with Crippen molar-refractivity contribution in [3.63, 3.8) is 0 Å². The monoisotopic (exact) mass is 398 g/mol. The number of aromatic nitrogens is 1. The third-order valence-electron chi connectivity index (χ3n) is 4.12. The zero-order chi connectivity index (χ0) is 18.0. The Labute approximate surface area is 155 Å². The molecule has 0 radical (unpaired) electrons. The fourth-order valence-electron chi connectivity index (χ4n) is 2.74. The van der Waals surface area contributed by atoms with Gasteiger partial charge in [-0.1, -0.05) is 28.1 Å². The van der Waals surface area contributed by atoms with Gasteiger partial charge in [-0.05, 0) is 48.9 Å². The zero-order valence-electron chi connectivity index (χ0n) is 14.4. The van der Waals surface area contributed by atoms with E-state index < -0.39 is 0 Å². The molecule has 0 fully saturated rings. The van der Waals surface area contributed by atoms with Crippen molar-refractivity contribution in [2.45, 2.75) is 13.5 Å². The van der Waals surface area contributed by atoms with E-state index >= 15 is 0 Å². The highest BCUT2D eigenvalue weighted by atomic mass is 79.9. The molecule has 2 aromatic carbocycles. The number of fused-ring (bicyclic) bond motifs is 1. The second-order valence-corrected chi connectivity index (χ2v) is 6.88. The third-order valence-corrected chi connectivity index (χ3v) is 4.65. The standard InChI is InChI=1S/C20H19BrN2O2/c1-13-18(11-15-10-17(25-3)8-9-19(15)22-13)20(24)23(2)12-14-4-6-16(21)7-5-14/h4-11H,12H2,1-3H3. The maximum Gasteiger partial charge on any atom is 0.255 e. The number of rotatable bonds is 4. The van der Waals surface area contributed by atoms with Crippen LogP contribution in [0.1, 0.15) is 21.6 Å². The molecule has 3 aromatic rings. The molecule has 0 atom stereocenters. The number of halogens is 1. The van der Waals surface area contributed by atoms with Crippen LogP contribution in [0, 0.1) is 6.92 Å². The number of pyridine rings is 1. The molecule has 1 amide bonds. The molecule has 4 nitrogen and oxygen atoms in total. The highest BCUT2D eigenvalue weighted by Gasteiger charge is 2.16. The first kappa shape index (κ1) is 17.4. The van der Waals surface area contributed by atoms with Crippen molar-refractivity contribution in [2.75, 3.05) is 14.2 Å². The predicted molar refractivity (Wildman–Crippen MR) is 103 cm³/mol. The molecule has 0 unspecified atom stereocenters. The number of hydrogen-bond donors (Lipinski definition) is 0. The largest absolute Gasteiger partial charge is 0.497 e. The highest BCUT2D eigenvalue weighted by Crippen LogP contribution is 2.23. The van der Waals surface area contributed by atoms with E-state index in [1.165, 1.54) is 0 Å². The minimum absolute atomic E-state index is 0.0439. The summed E-state index contributed by atoms with van der Waals surface area (Å²) in [6, 6.07) is 15.5. The van der Waals surface area contributed by atoms with E-state index in [0.29, 0.717) is 12.1 Å². The number of aryl methyl sites for hydroxylation is 1. The van der Waals surface area contributed by atoms with Crippen LogP contribution in [-0.2, 0) is 6.54 Å². The number of hydrogen-bond acceptors (Lipinski definition) is 3. The number of carbonyl (C=O) groups is 1. The maximum absolute atomic E-state index is 12.9. The van der Waals surface area contributed by atoms with Crippen LogP contribution >= 0.6 is 15.9 Å². The van der Waals surface area contributed by atoms with E-state index in [0.717, 1.165) is 32.4 Å². The zero-order valence-corrected chi connectivity index (χ0v) is 16.0. The molecule has 0 saturated heterocycles. The quantitative estimate of drug-likeness (QED) is 0.645. The molecule has 3 rings (SSSR count). The average molecular weight is 399 g/mol. The van der Waals surface area contributed by atoms with Crippen molar-refractivity contribution in [3.05, 3.63) is 69.8 Å². The summed E-state index contributed by atoms with van der Waals surface area (Å²) in [7, 11) is 3.43. The van der Waals surface area contributed by atoms with Crippen LogP contribution in [0.4, 0.5) is 0 Å². The van der Waals surface area contributed by atoms with Gasteiger partial charge >= 0.3 is 0 Å². The lowest BCUT2D eigenvalue weighted by atomic mass is 10.1. The van der Waals surface area contributed by atoms with E-state index in [-0.39, 0.29) is 5.91 Å². The summed E-state index contributed by atoms with van der Waals surface area (Å²) in [4.78, 5) is 19.2. The Morgan fingerprint density at radius 1 is 1.16 bits per heavy atom. The smallest absolute Gasteiger partial charge is 0.255 e. The van der Waals surface area contributed by atoms with Gasteiger partial charge in [-0.15, -0.1) is 0 Å². The lowest BCUT2D eigenvalue weighted by molar-refractivity contribution is 0.0784. The van der Waals surface area contributed by atoms with Gasteiger partial charge in [-0.3, -0.25) is 9.78 Å². The van der Waals surface area contributed by atoms with Gasteiger partial charge in [0.2, 0.25) is 0 Å². The van der Waals surface area contributed by atoms with Gasteiger partial charge in [0.25, 0.3) is 5.91 Å². The van der Waals surface area contributed by atoms with Crippen molar-refractivity contribution >= 4 is 32.7 Å². The van der Waals surface area contributed by atoms with E-state index in [9.17, 15) is 4.79 Å². The summed E-state index contributed by atoms with van der Waals surface area (Å²) in [6.07, 6.45) is 0. The van der Waals surface area contributed by atoms with Crippen molar-refractivity contribution < 1.29 is 9.53 Å². The van der Waals surface area contributed by atoms with Crippen molar-refractivity contribution in [3.8, 4) is 5.75 Å². The van der Waals surface area contributed by atoms with Crippen molar-refractivity contribution in [2.24, 2.45) is 0 Å². The van der Waals surface area contributed by atoms with Crippen LogP contribution in [-0.4, -0.2) is 29.9 Å². The molecule has 128 valence electrons. The molecule has 5 heteroatoms. The summed E-state index contributed by atoms with van der Waals surface area (Å²) >= 11 is 3.42. The second kappa shape index (κ2) is 7.23. The Bertz CT molecular complexity index is 923. The Balaban J connectivity index is 1.89. The molecule has 0 bridgehead atoms.